The minimum atomic E-state index is -3.47. The van der Waals surface area contributed by atoms with Gasteiger partial charge in [-0.15, -0.1) is 0 Å². The van der Waals surface area contributed by atoms with Crippen LogP contribution in [0.2, 0.25) is 47.2 Å². The molecule has 1 spiro atoms. The Morgan fingerprint density at radius 2 is 1.61 bits per heavy atom. The molecule has 0 saturated carbocycles. The summed E-state index contributed by atoms with van der Waals surface area (Å²) in [5.74, 6) is 0.832. The number of hydrogen-bond donors (Lipinski definition) is 0. The second-order valence-electron chi connectivity index (χ2n) is 12.8. The third kappa shape index (κ3) is 0.132. The van der Waals surface area contributed by atoms with Gasteiger partial charge in [-0.25, -0.2) is 0 Å². The predicted molar refractivity (Wildman–Crippen MR) is 85.4 cm³/mol. The zero-order valence-corrected chi connectivity index (χ0v) is 14.5. The summed E-state index contributed by atoms with van der Waals surface area (Å²) >= 11 is 0. The van der Waals surface area contributed by atoms with Crippen molar-refractivity contribution >= 4 is 5.78 Å². The molecule has 120 valence electrons. The van der Waals surface area contributed by atoms with E-state index in [1.54, 1.807) is 5.56 Å². The maximum atomic E-state index is 13.4. The Morgan fingerprint density at radius 1 is 1.00 bits per heavy atom. The molecule has 10 fully saturated rings. The van der Waals surface area contributed by atoms with Gasteiger partial charge in [-0.2, -0.15) is 0 Å². The fourth-order valence-corrected chi connectivity index (χ4v) is 96.4. The van der Waals surface area contributed by atoms with E-state index in [1.807, 2.05) is 0 Å². The van der Waals surface area contributed by atoms with Crippen molar-refractivity contribution in [1.82, 2.24) is 0 Å². The average molecular weight is 346 g/mol. The van der Waals surface area contributed by atoms with Crippen molar-refractivity contribution in [1.29, 1.82) is 0 Å². The van der Waals surface area contributed by atoms with Crippen molar-refractivity contribution in [3.05, 3.63) is 35.9 Å². The third-order valence-electron chi connectivity index (χ3n) is 17.3. The van der Waals surface area contributed by atoms with Crippen molar-refractivity contribution in [3.8, 4) is 0 Å². The average Bonchev–Trinajstić information content (AvgIpc) is 3.50. The van der Waals surface area contributed by atoms with E-state index in [2.05, 4.69) is 37.3 Å². The van der Waals surface area contributed by atoms with Crippen LogP contribution in [0.3, 0.4) is 0 Å². The molecule has 10 heterocycles. The van der Waals surface area contributed by atoms with Gasteiger partial charge in [0.05, 0.1) is 0 Å². The van der Waals surface area contributed by atoms with Crippen LogP contribution in [-0.2, 0) is 17.7 Å². The third-order valence-corrected chi connectivity index (χ3v) is 60.7. The first kappa shape index (κ1) is 9.78. The quantitative estimate of drug-likeness (QED) is 0.623. The zero-order valence-electron chi connectivity index (χ0n) is 13.4. The summed E-state index contributed by atoms with van der Waals surface area (Å²) in [5, 5.41) is 0. The molecule has 10 aliphatic heterocycles. The minimum absolute atomic E-state index is 0.458. The van der Waals surface area contributed by atoms with E-state index >= 15 is 0 Å². The molecule has 11 rings (SSSR count). The summed E-state index contributed by atoms with van der Waals surface area (Å²) in [6, 6.07) is 11.4. The van der Waals surface area contributed by atoms with Gasteiger partial charge in [-0.3, -0.25) is 0 Å². The maximum absolute atomic E-state index is 13.4. The zero-order chi connectivity index (χ0) is 14.7. The number of carbonyl (C=O) groups excluding carboxylic acids is 1. The molecule has 1 nitrogen and oxygen atoms in total. The van der Waals surface area contributed by atoms with E-state index in [-0.39, 0.29) is 0 Å². The predicted octanol–water partition coefficient (Wildman–Crippen LogP) is 5.73. The Kier molecular flexibility index (Phi) is 0.425. The number of fused-ring (bicyclic) bond motifs is 10. The van der Waals surface area contributed by atoms with E-state index in [0.717, 1.165) is 32.6 Å². The summed E-state index contributed by atoms with van der Waals surface area (Å²) in [4.78, 5) is 23.0. The first-order valence-corrected chi connectivity index (χ1v) is 16.0. The number of benzene rings is 1. The molecule has 0 amide bonds. The SMILES string of the molecule is CCCC(=O)[C]12[CH]3[CH]4[CH]5[CH]1[Fe]45321678[CH]2[CH]1[CH]6[C]7(Cc1ccccc1)[CH]28. The second kappa shape index (κ2) is 1.00. The van der Waals surface area contributed by atoms with Crippen molar-refractivity contribution in [2.24, 2.45) is 0 Å². The molecule has 23 heavy (non-hydrogen) atoms. The number of ketones is 1. The molecule has 8 unspecified atom stereocenters. The van der Waals surface area contributed by atoms with Crippen LogP contribution in [0.1, 0.15) is 25.3 Å². The number of Topliss-reactive ketones (excluding diaryl/α,β-unsaturated/α-hetero) is 1. The van der Waals surface area contributed by atoms with Crippen LogP contribution in [0.4, 0.5) is 0 Å². The Hall–Kier alpha value is -0.591. The Labute approximate surface area is 126 Å². The summed E-state index contributed by atoms with van der Waals surface area (Å²) in [5.41, 5.74) is 1.61. The second-order valence-corrected chi connectivity index (χ2v) is 36.1. The van der Waals surface area contributed by atoms with Crippen LogP contribution >= 0.6 is 0 Å². The normalized spacial score (nSPS) is 94.1. The molecule has 1 aromatic carbocycles. The molecule has 0 N–H and O–H groups in total. The van der Waals surface area contributed by atoms with Crippen LogP contribution in [0.5, 0.6) is 0 Å². The standard InChI is InChI=1S/C12H11.C9H11O.Fe/c1-2-6-11(7-3-1)10-12-8-4-5-9-12;1-2-5-9(10)8-6-3-4-7-8;/h1-9H,10H2;3-4,6-7H,2,5H2,1H3;. The van der Waals surface area contributed by atoms with Crippen LogP contribution in [0, 0.1) is 0 Å². The first-order chi connectivity index (χ1) is 11.0. The molecule has 0 aromatic heterocycles. The van der Waals surface area contributed by atoms with Gasteiger partial charge in [-0.1, -0.05) is 0 Å². The van der Waals surface area contributed by atoms with E-state index in [4.69, 9.17) is 0 Å². The Balaban J connectivity index is 1.30. The Morgan fingerprint density at radius 3 is 2.13 bits per heavy atom. The van der Waals surface area contributed by atoms with Gasteiger partial charge in [0.1, 0.15) is 0 Å². The molecule has 10 aliphatic rings. The molecule has 0 bridgehead atoms. The number of rotatable bonds is 5. The van der Waals surface area contributed by atoms with Crippen LogP contribution in [-0.4, -0.2) is 5.78 Å². The molecular formula is C21H22FeO. The molecule has 0 aliphatic carbocycles. The van der Waals surface area contributed by atoms with Crippen LogP contribution in [0.25, 0.3) is 0 Å². The molecule has 10 saturated heterocycles. The van der Waals surface area contributed by atoms with E-state index in [0.29, 0.717) is 4.31 Å². The van der Waals surface area contributed by atoms with E-state index < -0.39 is 6.51 Å². The van der Waals surface area contributed by atoms with Gasteiger partial charge >= 0.3 is 126 Å². The van der Waals surface area contributed by atoms with Crippen molar-refractivity contribution in [2.45, 2.75) is 73.3 Å². The van der Waals surface area contributed by atoms with Gasteiger partial charge in [-0.05, 0) is 0 Å². The van der Waals surface area contributed by atoms with Crippen molar-refractivity contribution in [3.63, 3.8) is 0 Å². The Bertz CT molecular complexity index is 1320. The first-order valence-electron chi connectivity index (χ1n) is 9.77. The summed E-state index contributed by atoms with van der Waals surface area (Å²) in [6.45, 7) is -1.24. The van der Waals surface area contributed by atoms with Gasteiger partial charge in [0.15, 0.2) is 0 Å². The van der Waals surface area contributed by atoms with Gasteiger partial charge in [0.2, 0.25) is 0 Å². The topological polar surface area (TPSA) is 17.1 Å². The molecule has 2 heteroatoms. The molecule has 0 radical (unpaired) electrons. The van der Waals surface area contributed by atoms with Crippen molar-refractivity contribution < 1.29 is 11.3 Å². The van der Waals surface area contributed by atoms with Crippen molar-refractivity contribution in [2.75, 3.05) is 0 Å². The molecule has 8 atom stereocenters. The fourth-order valence-electron chi connectivity index (χ4n) is 19.6. The van der Waals surface area contributed by atoms with E-state index in [9.17, 15) is 4.79 Å². The van der Waals surface area contributed by atoms with Crippen LogP contribution in [0.15, 0.2) is 30.3 Å². The van der Waals surface area contributed by atoms with Gasteiger partial charge in [0, 0.05) is 0 Å². The fraction of sp³-hybridized carbons (Fsp3) is 0.667. The summed E-state index contributed by atoms with van der Waals surface area (Å²) in [7, 11) is 0. The van der Waals surface area contributed by atoms with Gasteiger partial charge in [0.25, 0.3) is 0 Å². The van der Waals surface area contributed by atoms with Gasteiger partial charge < -0.3 is 0 Å². The monoisotopic (exact) mass is 346 g/mol. The number of hydrogen-bond acceptors (Lipinski definition) is 1. The summed E-state index contributed by atoms with van der Waals surface area (Å²) < 4.78 is 1.28. The van der Waals surface area contributed by atoms with E-state index in [1.165, 1.54) is 35.3 Å². The number of carbonyl (C=O) groups is 1. The molecular weight excluding hydrogens is 324 g/mol. The summed E-state index contributed by atoms with van der Waals surface area (Å²) in [6.07, 6.45) is 3.43. The van der Waals surface area contributed by atoms with Crippen LogP contribution < -0.4 is 0 Å². The molecule has 1 aromatic rings.